The quantitative estimate of drug-likeness (QED) is 0.313. The predicted octanol–water partition coefficient (Wildman–Crippen LogP) is 2.59. The predicted molar refractivity (Wildman–Crippen MR) is 95.8 cm³/mol. The van der Waals surface area contributed by atoms with Crippen molar-refractivity contribution in [3.63, 3.8) is 0 Å². The zero-order chi connectivity index (χ0) is 18.4. The summed E-state index contributed by atoms with van der Waals surface area (Å²) in [5.41, 5.74) is 0.655. The highest BCUT2D eigenvalue weighted by Crippen LogP contribution is 2.36. The number of hydrogen-bond acceptors (Lipinski definition) is 6. The normalized spacial score (nSPS) is 14.6. The fourth-order valence-electron chi connectivity index (χ4n) is 2.56. The second kappa shape index (κ2) is 8.77. The molecule has 1 heterocycles. The Bertz CT molecular complexity index is 699. The van der Waals surface area contributed by atoms with Gasteiger partial charge in [-0.3, -0.25) is 24.6 Å². The molecule has 1 aliphatic rings. The summed E-state index contributed by atoms with van der Waals surface area (Å²) in [6, 6.07) is 5.59. The highest BCUT2D eigenvalue weighted by Gasteiger charge is 2.38. The van der Waals surface area contributed by atoms with Crippen LogP contribution in [0.3, 0.4) is 0 Å². The van der Waals surface area contributed by atoms with Crippen molar-refractivity contribution >= 4 is 34.8 Å². The van der Waals surface area contributed by atoms with Crippen LogP contribution in [0, 0.1) is 10.1 Å². The van der Waals surface area contributed by atoms with Gasteiger partial charge >= 0.3 is 0 Å². The molecule has 1 aromatic carbocycles. The molecule has 1 aliphatic heterocycles. The van der Waals surface area contributed by atoms with Gasteiger partial charge in [0.2, 0.25) is 0 Å². The molecule has 1 N–H and O–H groups in total. The zero-order valence-corrected chi connectivity index (χ0v) is 14.8. The standard InChI is InChI=1S/C17H20N2O5S/c1-2-3-4-9-18-16(21)14(15(17(18)22)25-11-10-20)12-5-7-13(8-6-12)19(23)24/h5-8,20H,2-4,9-11H2,1H3. The lowest BCUT2D eigenvalue weighted by atomic mass is 10.1. The van der Waals surface area contributed by atoms with Gasteiger partial charge in [0.05, 0.1) is 22.0 Å². The minimum atomic E-state index is -0.516. The number of carbonyl (C=O) groups is 2. The summed E-state index contributed by atoms with van der Waals surface area (Å²) in [6.07, 6.45) is 2.63. The summed E-state index contributed by atoms with van der Waals surface area (Å²) < 4.78 is 0. The number of nitro groups is 1. The van der Waals surface area contributed by atoms with Gasteiger partial charge in [-0.05, 0) is 24.1 Å². The number of benzene rings is 1. The molecule has 0 radical (unpaired) electrons. The van der Waals surface area contributed by atoms with Crippen LogP contribution >= 0.6 is 11.8 Å². The van der Waals surface area contributed by atoms with Gasteiger partial charge < -0.3 is 5.11 Å². The van der Waals surface area contributed by atoms with E-state index in [9.17, 15) is 19.7 Å². The second-order valence-electron chi connectivity index (χ2n) is 5.55. The van der Waals surface area contributed by atoms with Crippen LogP contribution in [0.2, 0.25) is 0 Å². The molecule has 0 unspecified atom stereocenters. The Labute approximate surface area is 149 Å². The molecule has 2 amide bonds. The third-order valence-electron chi connectivity index (χ3n) is 3.82. The average Bonchev–Trinajstić information content (AvgIpc) is 2.84. The number of hydrogen-bond donors (Lipinski definition) is 1. The topological polar surface area (TPSA) is 101 Å². The SMILES string of the molecule is CCCCCN1C(=O)C(SCCO)=C(c2ccc([N+](=O)[O-])cc2)C1=O. The molecule has 25 heavy (non-hydrogen) atoms. The number of nitrogens with zero attached hydrogens (tertiary/aromatic N) is 2. The Hall–Kier alpha value is -2.19. The molecule has 0 aromatic heterocycles. The lowest BCUT2D eigenvalue weighted by Gasteiger charge is -2.14. The van der Waals surface area contributed by atoms with Gasteiger partial charge in [0.25, 0.3) is 17.5 Å². The molecule has 0 atom stereocenters. The maximum absolute atomic E-state index is 12.7. The average molecular weight is 364 g/mol. The number of aliphatic hydroxyl groups excluding tert-OH is 1. The minimum absolute atomic E-state index is 0.0783. The molecule has 0 saturated heterocycles. The fourth-order valence-corrected chi connectivity index (χ4v) is 3.44. The van der Waals surface area contributed by atoms with E-state index in [1.807, 2.05) is 6.92 Å². The summed E-state index contributed by atoms with van der Waals surface area (Å²) in [5, 5.41) is 19.8. The van der Waals surface area contributed by atoms with Crippen LogP contribution < -0.4 is 0 Å². The van der Waals surface area contributed by atoms with E-state index < -0.39 is 4.92 Å². The van der Waals surface area contributed by atoms with Crippen LogP contribution in [0.25, 0.3) is 5.57 Å². The van der Waals surface area contributed by atoms with E-state index >= 15 is 0 Å². The first-order valence-electron chi connectivity index (χ1n) is 8.10. The van der Waals surface area contributed by atoms with Gasteiger partial charge in [0.1, 0.15) is 0 Å². The Morgan fingerprint density at radius 2 is 1.84 bits per heavy atom. The van der Waals surface area contributed by atoms with E-state index in [1.54, 1.807) is 0 Å². The Morgan fingerprint density at radius 3 is 2.40 bits per heavy atom. The van der Waals surface area contributed by atoms with E-state index in [1.165, 1.54) is 29.2 Å². The first kappa shape index (κ1) is 19.1. The summed E-state index contributed by atoms with van der Waals surface area (Å²) in [7, 11) is 0. The molecule has 8 heteroatoms. The van der Waals surface area contributed by atoms with E-state index in [2.05, 4.69) is 0 Å². The Balaban J connectivity index is 2.34. The summed E-state index contributed by atoms with van der Waals surface area (Å²) in [5.74, 6) is -0.434. The lowest BCUT2D eigenvalue weighted by molar-refractivity contribution is -0.384. The number of rotatable bonds is 9. The molecule has 0 spiro atoms. The molecular weight excluding hydrogens is 344 g/mol. The zero-order valence-electron chi connectivity index (χ0n) is 13.9. The number of nitro benzene ring substituents is 1. The van der Waals surface area contributed by atoms with Crippen molar-refractivity contribution in [2.45, 2.75) is 26.2 Å². The summed E-state index contributed by atoms with van der Waals surface area (Å²) in [6.45, 7) is 2.28. The maximum atomic E-state index is 12.7. The van der Waals surface area contributed by atoms with Crippen LogP contribution in [0.15, 0.2) is 29.2 Å². The van der Waals surface area contributed by atoms with Crippen molar-refractivity contribution in [1.82, 2.24) is 4.90 Å². The van der Waals surface area contributed by atoms with Gasteiger partial charge in [0, 0.05) is 24.4 Å². The van der Waals surface area contributed by atoms with Crippen LogP contribution in [-0.4, -0.2) is 45.6 Å². The molecule has 7 nitrogen and oxygen atoms in total. The number of imide groups is 1. The molecule has 0 fully saturated rings. The van der Waals surface area contributed by atoms with Crippen molar-refractivity contribution in [2.75, 3.05) is 18.9 Å². The smallest absolute Gasteiger partial charge is 0.269 e. The number of thioether (sulfide) groups is 1. The first-order chi connectivity index (χ1) is 12.0. The summed E-state index contributed by atoms with van der Waals surface area (Å²) >= 11 is 1.14. The molecular formula is C17H20N2O5S. The molecule has 134 valence electrons. The highest BCUT2D eigenvalue weighted by atomic mass is 32.2. The van der Waals surface area contributed by atoms with Crippen molar-refractivity contribution in [3.8, 4) is 0 Å². The highest BCUT2D eigenvalue weighted by molar-refractivity contribution is 8.04. The number of amides is 2. The number of non-ortho nitro benzene ring substituents is 1. The van der Waals surface area contributed by atoms with Crippen molar-refractivity contribution in [2.24, 2.45) is 0 Å². The Morgan fingerprint density at radius 1 is 1.16 bits per heavy atom. The number of carbonyl (C=O) groups excluding carboxylic acids is 2. The minimum Gasteiger partial charge on any atom is -0.396 e. The second-order valence-corrected chi connectivity index (χ2v) is 6.65. The van der Waals surface area contributed by atoms with Crippen LogP contribution in [0.5, 0.6) is 0 Å². The molecule has 0 aliphatic carbocycles. The fraction of sp³-hybridized carbons (Fsp3) is 0.412. The third kappa shape index (κ3) is 4.26. The van der Waals surface area contributed by atoms with E-state index in [0.717, 1.165) is 31.0 Å². The van der Waals surface area contributed by atoms with E-state index in [-0.39, 0.29) is 29.7 Å². The lowest BCUT2D eigenvalue weighted by Crippen LogP contribution is -2.32. The van der Waals surface area contributed by atoms with E-state index in [0.29, 0.717) is 22.8 Å². The van der Waals surface area contributed by atoms with Crippen LogP contribution in [0.1, 0.15) is 31.7 Å². The van der Waals surface area contributed by atoms with E-state index in [4.69, 9.17) is 5.11 Å². The van der Waals surface area contributed by atoms with Gasteiger partial charge in [-0.2, -0.15) is 0 Å². The van der Waals surface area contributed by atoms with Gasteiger partial charge in [-0.25, -0.2) is 0 Å². The molecule has 0 bridgehead atoms. The van der Waals surface area contributed by atoms with Gasteiger partial charge in [-0.15, -0.1) is 11.8 Å². The number of unbranched alkanes of at least 4 members (excludes halogenated alkanes) is 2. The van der Waals surface area contributed by atoms with Crippen LogP contribution in [-0.2, 0) is 9.59 Å². The molecule has 0 saturated carbocycles. The largest absolute Gasteiger partial charge is 0.396 e. The van der Waals surface area contributed by atoms with Crippen molar-refractivity contribution in [1.29, 1.82) is 0 Å². The Kier molecular flexibility index (Phi) is 6.72. The van der Waals surface area contributed by atoms with Gasteiger partial charge in [0.15, 0.2) is 0 Å². The monoisotopic (exact) mass is 364 g/mol. The van der Waals surface area contributed by atoms with Crippen molar-refractivity contribution < 1.29 is 19.6 Å². The first-order valence-corrected chi connectivity index (χ1v) is 9.08. The van der Waals surface area contributed by atoms with Gasteiger partial charge in [-0.1, -0.05) is 19.8 Å². The summed E-state index contributed by atoms with van der Waals surface area (Å²) in [4.78, 5) is 37.1. The maximum Gasteiger partial charge on any atom is 0.269 e. The van der Waals surface area contributed by atoms with Crippen LogP contribution in [0.4, 0.5) is 5.69 Å². The number of aliphatic hydroxyl groups is 1. The molecule has 1 aromatic rings. The van der Waals surface area contributed by atoms with Crippen molar-refractivity contribution in [3.05, 3.63) is 44.8 Å². The molecule has 2 rings (SSSR count). The third-order valence-corrected chi connectivity index (χ3v) is 4.87.